The molecule has 1 saturated carbocycles. The van der Waals surface area contributed by atoms with E-state index >= 15 is 0 Å². The summed E-state index contributed by atoms with van der Waals surface area (Å²) in [5, 5.41) is 3.39. The Morgan fingerprint density at radius 3 is 2.88 bits per heavy atom. The first-order valence-corrected chi connectivity index (χ1v) is 9.71. The van der Waals surface area contributed by atoms with Crippen LogP contribution in [0.2, 0.25) is 0 Å². The number of rotatable bonds is 1. The van der Waals surface area contributed by atoms with E-state index in [4.69, 9.17) is 0 Å². The second kappa shape index (κ2) is 7.19. The first-order chi connectivity index (χ1) is 12.7. The van der Waals surface area contributed by atoms with Crippen LogP contribution in [0.5, 0.6) is 0 Å². The lowest BCUT2D eigenvalue weighted by molar-refractivity contribution is -0.123. The first-order valence-electron chi connectivity index (χ1n) is 8.92. The molecular weight excluding hydrogens is 392 g/mol. The number of nitrogens with one attached hydrogen (secondary N) is 1. The van der Waals surface area contributed by atoms with Gasteiger partial charge in [-0.15, -0.1) is 0 Å². The summed E-state index contributed by atoms with van der Waals surface area (Å²) >= 11 is 3.54. The van der Waals surface area contributed by atoms with E-state index in [1.807, 2.05) is 42.3 Å². The maximum atomic E-state index is 13.4. The molecule has 5 nitrogen and oxygen atoms in total. The van der Waals surface area contributed by atoms with Gasteiger partial charge in [0.05, 0.1) is 17.9 Å². The van der Waals surface area contributed by atoms with Gasteiger partial charge in [-0.1, -0.05) is 22.0 Å². The van der Waals surface area contributed by atoms with Crippen LogP contribution in [0.1, 0.15) is 31.2 Å². The zero-order valence-corrected chi connectivity index (χ0v) is 16.3. The molecule has 1 aromatic carbocycles. The molecule has 1 amide bonds. The van der Waals surface area contributed by atoms with E-state index in [2.05, 4.69) is 31.2 Å². The van der Waals surface area contributed by atoms with E-state index in [1.54, 1.807) is 6.20 Å². The summed E-state index contributed by atoms with van der Waals surface area (Å²) in [5.74, 6) is 1.05. The zero-order chi connectivity index (χ0) is 18.1. The first kappa shape index (κ1) is 17.2. The second-order valence-electron chi connectivity index (χ2n) is 6.79. The number of aromatic nitrogens is 1. The minimum absolute atomic E-state index is 0.0468. The summed E-state index contributed by atoms with van der Waals surface area (Å²) in [6.45, 7) is 0.531. The third-order valence-electron chi connectivity index (χ3n) is 5.22. The number of anilines is 3. The smallest absolute Gasteiger partial charge is 0.230 e. The molecule has 2 aromatic rings. The summed E-state index contributed by atoms with van der Waals surface area (Å²) in [6, 6.07) is 9.92. The van der Waals surface area contributed by atoms with Crippen LogP contribution in [0.15, 0.2) is 46.0 Å². The second-order valence-corrected chi connectivity index (χ2v) is 7.70. The van der Waals surface area contributed by atoms with Gasteiger partial charge in [-0.2, -0.15) is 0 Å². The summed E-state index contributed by atoms with van der Waals surface area (Å²) < 4.78 is 0.957. The predicted molar refractivity (Wildman–Crippen MR) is 108 cm³/mol. The van der Waals surface area contributed by atoms with Gasteiger partial charge in [-0.05, 0) is 49.9 Å². The van der Waals surface area contributed by atoms with Crippen LogP contribution in [0.4, 0.5) is 17.2 Å². The number of pyridine rings is 1. The van der Waals surface area contributed by atoms with E-state index in [0.29, 0.717) is 6.54 Å². The summed E-state index contributed by atoms with van der Waals surface area (Å²) in [6.07, 6.45) is 5.36. The summed E-state index contributed by atoms with van der Waals surface area (Å²) in [7, 11) is 1.84. The van der Waals surface area contributed by atoms with Crippen molar-refractivity contribution in [2.24, 2.45) is 10.9 Å². The highest BCUT2D eigenvalue weighted by molar-refractivity contribution is 9.10. The molecule has 0 saturated heterocycles. The predicted octanol–water partition coefficient (Wildman–Crippen LogP) is 4.70. The van der Waals surface area contributed by atoms with Gasteiger partial charge in [0.2, 0.25) is 5.91 Å². The quantitative estimate of drug-likeness (QED) is 0.738. The minimum Gasteiger partial charge on any atom is -0.338 e. The van der Waals surface area contributed by atoms with Gasteiger partial charge in [0, 0.05) is 34.9 Å². The number of fused-ring (bicyclic) bond motifs is 2. The Kier molecular flexibility index (Phi) is 4.76. The molecule has 2 aliphatic rings. The van der Waals surface area contributed by atoms with E-state index in [1.165, 1.54) is 5.71 Å². The third kappa shape index (κ3) is 3.26. The molecular formula is C20H21BrN4O. The molecule has 1 aliphatic heterocycles. The molecule has 2 heterocycles. The zero-order valence-electron chi connectivity index (χ0n) is 14.7. The molecule has 0 atom stereocenters. The van der Waals surface area contributed by atoms with Crippen molar-refractivity contribution in [1.29, 1.82) is 0 Å². The monoisotopic (exact) mass is 412 g/mol. The molecule has 1 aliphatic carbocycles. The normalized spacial score (nSPS) is 19.1. The van der Waals surface area contributed by atoms with Gasteiger partial charge in [-0.3, -0.25) is 9.79 Å². The van der Waals surface area contributed by atoms with E-state index < -0.39 is 0 Å². The Balaban J connectivity index is 1.70. The maximum Gasteiger partial charge on any atom is 0.230 e. The molecule has 6 heteroatoms. The number of carbonyl (C=O) groups excluding carboxylic acids is 1. The van der Waals surface area contributed by atoms with Gasteiger partial charge in [0.15, 0.2) is 0 Å². The van der Waals surface area contributed by atoms with Crippen molar-refractivity contribution in [3.8, 4) is 0 Å². The molecule has 4 rings (SSSR count). The molecule has 134 valence electrons. The molecule has 0 radical (unpaired) electrons. The van der Waals surface area contributed by atoms with Crippen molar-refractivity contribution >= 4 is 44.7 Å². The number of benzene rings is 1. The van der Waals surface area contributed by atoms with Gasteiger partial charge in [0.1, 0.15) is 5.82 Å². The fraction of sp³-hybridized carbons (Fsp3) is 0.350. The highest BCUT2D eigenvalue weighted by atomic mass is 79.9. The van der Waals surface area contributed by atoms with Crippen molar-refractivity contribution in [2.75, 3.05) is 17.3 Å². The number of amides is 1. The van der Waals surface area contributed by atoms with Crippen molar-refractivity contribution < 1.29 is 4.79 Å². The topological polar surface area (TPSA) is 57.6 Å². The summed E-state index contributed by atoms with van der Waals surface area (Å²) in [4.78, 5) is 24.1. The van der Waals surface area contributed by atoms with E-state index in [-0.39, 0.29) is 11.8 Å². The number of halogens is 1. The molecule has 1 N–H and O–H groups in total. The average Bonchev–Trinajstić information content (AvgIpc) is 2.84. The van der Waals surface area contributed by atoms with E-state index in [9.17, 15) is 4.79 Å². The average molecular weight is 413 g/mol. The Morgan fingerprint density at radius 2 is 2.12 bits per heavy atom. The van der Waals surface area contributed by atoms with Gasteiger partial charge < -0.3 is 10.2 Å². The fourth-order valence-electron chi connectivity index (χ4n) is 3.73. The molecule has 0 spiro atoms. The fourth-order valence-corrected chi connectivity index (χ4v) is 4.08. The van der Waals surface area contributed by atoms with Crippen molar-refractivity contribution in [1.82, 2.24) is 4.98 Å². The molecule has 0 bridgehead atoms. The van der Waals surface area contributed by atoms with Gasteiger partial charge in [0.25, 0.3) is 0 Å². The lowest BCUT2D eigenvalue weighted by atomic mass is 9.86. The van der Waals surface area contributed by atoms with Gasteiger partial charge in [-0.25, -0.2) is 4.98 Å². The maximum absolute atomic E-state index is 13.4. The Labute approximate surface area is 161 Å². The Morgan fingerprint density at radius 1 is 1.31 bits per heavy atom. The minimum atomic E-state index is 0.0468. The number of nitrogens with zero attached hydrogens (tertiary/aromatic N) is 3. The van der Waals surface area contributed by atoms with Crippen LogP contribution in [0, 0.1) is 5.92 Å². The third-order valence-corrected chi connectivity index (χ3v) is 5.71. The largest absolute Gasteiger partial charge is 0.338 e. The summed E-state index contributed by atoms with van der Waals surface area (Å²) in [5.41, 5.74) is 4.06. The lowest BCUT2D eigenvalue weighted by Crippen LogP contribution is -2.37. The van der Waals surface area contributed by atoms with Crippen LogP contribution >= 0.6 is 15.9 Å². The Hall–Kier alpha value is -2.21. The van der Waals surface area contributed by atoms with Crippen molar-refractivity contribution in [3.05, 3.63) is 46.6 Å². The number of aliphatic imine (C=N–C) groups is 1. The number of hydrogen-bond donors (Lipinski definition) is 1. The van der Waals surface area contributed by atoms with Crippen LogP contribution in [0.25, 0.3) is 0 Å². The highest BCUT2D eigenvalue weighted by Gasteiger charge is 2.31. The Bertz CT molecular complexity index is 870. The van der Waals surface area contributed by atoms with Crippen LogP contribution < -0.4 is 10.2 Å². The lowest BCUT2D eigenvalue weighted by Gasteiger charge is -2.30. The number of hydrogen-bond acceptors (Lipinski definition) is 4. The molecule has 26 heavy (non-hydrogen) atoms. The van der Waals surface area contributed by atoms with Gasteiger partial charge >= 0.3 is 0 Å². The van der Waals surface area contributed by atoms with Crippen LogP contribution in [-0.4, -0.2) is 23.7 Å². The molecule has 0 unspecified atom stereocenters. The van der Waals surface area contributed by atoms with E-state index in [0.717, 1.165) is 52.9 Å². The van der Waals surface area contributed by atoms with Crippen molar-refractivity contribution in [2.45, 2.75) is 32.2 Å². The highest BCUT2D eigenvalue weighted by Crippen LogP contribution is 2.38. The number of carbonyl (C=O) groups is 1. The van der Waals surface area contributed by atoms with Crippen LogP contribution in [-0.2, 0) is 11.3 Å². The molecule has 1 fully saturated rings. The van der Waals surface area contributed by atoms with Crippen molar-refractivity contribution in [3.63, 3.8) is 0 Å². The van der Waals surface area contributed by atoms with Crippen LogP contribution in [0.3, 0.4) is 0 Å². The SMILES string of the molecule is CN=C1CCC(C(=O)N2Cc3cccnc3Nc3ccc(Br)cc32)CC1. The standard InChI is InChI=1S/C20H21BrN4O/c1-22-16-7-4-13(5-8-16)20(26)25-12-14-3-2-10-23-19(14)24-17-9-6-15(21)11-18(17)25/h2-3,6,9-11,13H,4-5,7-8,12H2,1H3,(H,23,24). The molecule has 1 aromatic heterocycles.